The molecule has 0 aliphatic carbocycles. The molecule has 0 atom stereocenters. The lowest BCUT2D eigenvalue weighted by Gasteiger charge is -2.22. The number of anilines is 4. The standard InChI is InChI=1S/C31H23N5O2/c37-30(25-10-3-2-9-24(25)27-12-5-6-18-32-27)34-23-16-14-21(15-17-23)31(38)36-20-22-8-1-4-11-26(22)35-29-28(36)13-7-19-33-29/h1-19H,20H2,(H,33,35)(H,34,37). The topological polar surface area (TPSA) is 87.2 Å². The van der Waals surface area contributed by atoms with Gasteiger partial charge in [0.1, 0.15) is 0 Å². The molecule has 0 spiro atoms. The number of aromatic nitrogens is 2. The number of benzene rings is 3. The third-order valence-corrected chi connectivity index (χ3v) is 6.42. The maximum atomic E-state index is 13.7. The molecule has 3 heterocycles. The Labute approximate surface area is 219 Å². The first kappa shape index (κ1) is 23.1. The van der Waals surface area contributed by atoms with E-state index in [2.05, 4.69) is 20.6 Å². The Morgan fingerprint density at radius 2 is 1.53 bits per heavy atom. The number of para-hydroxylation sites is 1. The minimum atomic E-state index is -0.250. The maximum absolute atomic E-state index is 13.7. The summed E-state index contributed by atoms with van der Waals surface area (Å²) < 4.78 is 0. The molecule has 38 heavy (non-hydrogen) atoms. The summed E-state index contributed by atoms with van der Waals surface area (Å²) in [5.74, 6) is 0.220. The average Bonchev–Trinajstić information content (AvgIpc) is 3.14. The molecule has 5 aromatic rings. The fourth-order valence-electron chi connectivity index (χ4n) is 4.53. The van der Waals surface area contributed by atoms with E-state index in [0.717, 1.165) is 22.5 Å². The molecule has 1 aliphatic heterocycles. The first-order chi connectivity index (χ1) is 18.7. The minimum Gasteiger partial charge on any atom is -0.338 e. The van der Waals surface area contributed by atoms with Gasteiger partial charge in [0.2, 0.25) is 0 Å². The Bertz CT molecular complexity index is 1630. The molecule has 3 aromatic carbocycles. The van der Waals surface area contributed by atoms with Crippen molar-refractivity contribution in [1.29, 1.82) is 0 Å². The van der Waals surface area contributed by atoms with E-state index < -0.39 is 0 Å². The quantitative estimate of drug-likeness (QED) is 0.304. The van der Waals surface area contributed by atoms with Gasteiger partial charge in [-0.25, -0.2) is 4.98 Å². The van der Waals surface area contributed by atoms with Crippen molar-refractivity contribution in [3.63, 3.8) is 0 Å². The third-order valence-electron chi connectivity index (χ3n) is 6.42. The monoisotopic (exact) mass is 497 g/mol. The number of hydrogen-bond acceptors (Lipinski definition) is 5. The highest BCUT2D eigenvalue weighted by Crippen LogP contribution is 2.35. The zero-order valence-electron chi connectivity index (χ0n) is 20.3. The molecule has 6 rings (SSSR count). The van der Waals surface area contributed by atoms with Crippen LogP contribution in [0, 0.1) is 0 Å². The van der Waals surface area contributed by atoms with Crippen LogP contribution in [0.25, 0.3) is 11.3 Å². The molecule has 0 fully saturated rings. The maximum Gasteiger partial charge on any atom is 0.258 e. The number of pyridine rings is 2. The first-order valence-corrected chi connectivity index (χ1v) is 12.2. The Morgan fingerprint density at radius 3 is 2.37 bits per heavy atom. The third kappa shape index (κ3) is 4.49. The van der Waals surface area contributed by atoms with Crippen LogP contribution in [-0.2, 0) is 6.54 Å². The van der Waals surface area contributed by atoms with Gasteiger partial charge in [-0.15, -0.1) is 0 Å². The lowest BCUT2D eigenvalue weighted by Crippen LogP contribution is -2.30. The highest BCUT2D eigenvalue weighted by atomic mass is 16.2. The summed E-state index contributed by atoms with van der Waals surface area (Å²) in [6.07, 6.45) is 3.40. The lowest BCUT2D eigenvalue weighted by molar-refractivity contribution is 0.0984. The predicted octanol–water partition coefficient (Wildman–Crippen LogP) is 6.30. The van der Waals surface area contributed by atoms with Crippen LogP contribution in [0.2, 0.25) is 0 Å². The van der Waals surface area contributed by atoms with Crippen molar-refractivity contribution < 1.29 is 9.59 Å². The molecule has 0 saturated heterocycles. The summed E-state index contributed by atoms with van der Waals surface area (Å²) >= 11 is 0. The molecule has 0 bridgehead atoms. The van der Waals surface area contributed by atoms with E-state index in [9.17, 15) is 9.59 Å². The van der Waals surface area contributed by atoms with Gasteiger partial charge in [-0.05, 0) is 66.2 Å². The van der Waals surface area contributed by atoms with Crippen molar-refractivity contribution in [1.82, 2.24) is 9.97 Å². The second-order valence-electron chi connectivity index (χ2n) is 8.84. The van der Waals surface area contributed by atoms with Gasteiger partial charge in [0.25, 0.3) is 11.8 Å². The van der Waals surface area contributed by atoms with Crippen LogP contribution in [0.5, 0.6) is 0 Å². The molecule has 184 valence electrons. The van der Waals surface area contributed by atoms with Crippen LogP contribution in [0.3, 0.4) is 0 Å². The smallest absolute Gasteiger partial charge is 0.258 e. The van der Waals surface area contributed by atoms with Crippen LogP contribution in [0.1, 0.15) is 26.3 Å². The van der Waals surface area contributed by atoms with E-state index in [0.29, 0.717) is 34.9 Å². The van der Waals surface area contributed by atoms with Gasteiger partial charge in [0.05, 0.1) is 17.9 Å². The Kier molecular flexibility index (Phi) is 6.08. The molecule has 2 aromatic heterocycles. The number of carbonyl (C=O) groups excluding carboxylic acids is 2. The highest BCUT2D eigenvalue weighted by Gasteiger charge is 2.25. The Hall–Kier alpha value is -5.30. The van der Waals surface area contributed by atoms with Gasteiger partial charge in [0, 0.05) is 40.5 Å². The lowest BCUT2D eigenvalue weighted by atomic mass is 10.0. The highest BCUT2D eigenvalue weighted by molar-refractivity contribution is 6.10. The summed E-state index contributed by atoms with van der Waals surface area (Å²) in [6.45, 7) is 0.406. The number of amides is 2. The molecule has 1 aliphatic rings. The molecular weight excluding hydrogens is 474 g/mol. The number of nitrogens with one attached hydrogen (secondary N) is 2. The van der Waals surface area contributed by atoms with Crippen molar-refractivity contribution in [2.24, 2.45) is 0 Å². The Morgan fingerprint density at radius 1 is 0.763 bits per heavy atom. The average molecular weight is 498 g/mol. The molecule has 0 unspecified atom stereocenters. The van der Waals surface area contributed by atoms with E-state index in [1.807, 2.05) is 72.8 Å². The van der Waals surface area contributed by atoms with E-state index in [4.69, 9.17) is 0 Å². The van der Waals surface area contributed by atoms with Crippen molar-refractivity contribution in [2.75, 3.05) is 15.5 Å². The van der Waals surface area contributed by atoms with Crippen molar-refractivity contribution in [3.05, 3.63) is 132 Å². The van der Waals surface area contributed by atoms with E-state index >= 15 is 0 Å². The predicted molar refractivity (Wildman–Crippen MR) is 149 cm³/mol. The zero-order chi connectivity index (χ0) is 25.9. The second-order valence-corrected chi connectivity index (χ2v) is 8.84. The molecule has 0 saturated carbocycles. The van der Waals surface area contributed by atoms with Gasteiger partial charge in [-0.3, -0.25) is 14.6 Å². The minimum absolute atomic E-state index is 0.156. The second kappa shape index (κ2) is 9.99. The summed E-state index contributed by atoms with van der Waals surface area (Å²) in [6, 6.07) is 31.5. The molecule has 2 amide bonds. The van der Waals surface area contributed by atoms with Gasteiger partial charge in [-0.1, -0.05) is 42.5 Å². The fourth-order valence-corrected chi connectivity index (χ4v) is 4.53. The van der Waals surface area contributed by atoms with E-state index in [-0.39, 0.29) is 11.8 Å². The van der Waals surface area contributed by atoms with E-state index in [1.165, 1.54) is 0 Å². The van der Waals surface area contributed by atoms with Crippen LogP contribution in [-0.4, -0.2) is 21.8 Å². The molecule has 7 nitrogen and oxygen atoms in total. The normalized spacial score (nSPS) is 11.9. The fraction of sp³-hybridized carbons (Fsp3) is 0.0323. The van der Waals surface area contributed by atoms with E-state index in [1.54, 1.807) is 47.6 Å². The van der Waals surface area contributed by atoms with Crippen molar-refractivity contribution >= 4 is 34.7 Å². The molecular formula is C31H23N5O2. The number of carbonyl (C=O) groups is 2. The van der Waals surface area contributed by atoms with Crippen LogP contribution < -0.4 is 15.5 Å². The van der Waals surface area contributed by atoms with Crippen molar-refractivity contribution in [3.8, 4) is 11.3 Å². The van der Waals surface area contributed by atoms with Crippen molar-refractivity contribution in [2.45, 2.75) is 6.54 Å². The summed E-state index contributed by atoms with van der Waals surface area (Å²) in [4.78, 5) is 37.3. The number of rotatable bonds is 4. The Balaban J connectivity index is 1.24. The molecule has 0 radical (unpaired) electrons. The van der Waals surface area contributed by atoms with Gasteiger partial charge >= 0.3 is 0 Å². The summed E-state index contributed by atoms with van der Waals surface area (Å²) in [7, 11) is 0. The molecule has 2 N–H and O–H groups in total. The number of fused-ring (bicyclic) bond motifs is 2. The summed E-state index contributed by atoms with van der Waals surface area (Å²) in [5.41, 5.74) is 5.71. The van der Waals surface area contributed by atoms with Crippen LogP contribution in [0.15, 0.2) is 116 Å². The largest absolute Gasteiger partial charge is 0.338 e. The zero-order valence-corrected chi connectivity index (χ0v) is 20.3. The van der Waals surface area contributed by atoms with Gasteiger partial charge < -0.3 is 15.5 Å². The number of hydrogen-bond donors (Lipinski definition) is 2. The van der Waals surface area contributed by atoms with Gasteiger partial charge in [-0.2, -0.15) is 0 Å². The molecule has 7 heteroatoms. The first-order valence-electron chi connectivity index (χ1n) is 12.2. The summed E-state index contributed by atoms with van der Waals surface area (Å²) in [5, 5.41) is 6.29. The van der Waals surface area contributed by atoms with Crippen LogP contribution in [0.4, 0.5) is 22.9 Å². The SMILES string of the molecule is O=C(Nc1ccc(C(=O)N2Cc3ccccc3Nc3ncccc32)cc1)c1ccccc1-c1ccccn1. The van der Waals surface area contributed by atoms with Gasteiger partial charge in [0.15, 0.2) is 5.82 Å². The number of nitrogens with zero attached hydrogens (tertiary/aromatic N) is 3. The van der Waals surface area contributed by atoms with Crippen LogP contribution >= 0.6 is 0 Å².